The number of carbonyl (C=O) groups excluding carboxylic acids is 3. The zero-order chi connectivity index (χ0) is 70.9. The molecule has 0 N–H and O–H groups in total. The van der Waals surface area contributed by atoms with Gasteiger partial charge in [-0.1, -0.05) is 164 Å². The molecule has 7 aromatic carbocycles. The van der Waals surface area contributed by atoms with Crippen LogP contribution < -0.4 is 14.2 Å². The maximum atomic E-state index is 13.4. The largest absolute Gasteiger partial charge is 0.497 e. The first-order valence-corrected chi connectivity index (χ1v) is 34.3. The van der Waals surface area contributed by atoms with E-state index in [4.69, 9.17) is 94.7 Å². The fraction of sp³-hybridized carbons (Fsp3) is 0.430. The quantitative estimate of drug-likeness (QED) is 0.0313. The average Bonchev–Trinajstić information content (AvgIpc) is 0.755. The molecule has 12 rings (SSSR count). The molecule has 0 unspecified atom stereocenters. The molecular weight excluding hydrogens is 1320 g/mol. The van der Waals surface area contributed by atoms with Gasteiger partial charge in [0.05, 0.1) is 72.7 Å². The van der Waals surface area contributed by atoms with Gasteiger partial charge in [-0.15, -0.1) is 0 Å². The Morgan fingerprint density at radius 1 is 0.353 bits per heavy atom. The van der Waals surface area contributed by atoms with E-state index in [-0.39, 0.29) is 46.2 Å². The lowest BCUT2D eigenvalue weighted by atomic mass is 9.94. The number of esters is 3. The predicted molar refractivity (Wildman–Crippen MR) is 364 cm³/mol. The topological polar surface area (TPSA) is 236 Å². The highest BCUT2D eigenvalue weighted by Gasteiger charge is 2.60. The maximum absolute atomic E-state index is 13.4. The number of carbonyl (C=O) groups is 3. The Bertz CT molecular complexity index is 3690. The number of methoxy groups -OCH3 is 2. The van der Waals surface area contributed by atoms with Crippen LogP contribution in [-0.2, 0) is 128 Å². The summed E-state index contributed by atoms with van der Waals surface area (Å²) in [6, 6.07) is 62.7. The Balaban J connectivity index is 0.991. The minimum absolute atomic E-state index is 0.00822. The van der Waals surface area contributed by atoms with Crippen molar-refractivity contribution in [2.24, 2.45) is 0 Å². The Hall–Kier alpha value is -8.21. The van der Waals surface area contributed by atoms with Crippen LogP contribution in [-0.4, -0.2) is 162 Å². The summed E-state index contributed by atoms with van der Waals surface area (Å²) in [5, 5.41) is 0. The summed E-state index contributed by atoms with van der Waals surface area (Å²) in [4.78, 5) is 39.1. The Labute approximate surface area is 593 Å². The van der Waals surface area contributed by atoms with Crippen molar-refractivity contribution < 1.29 is 109 Å². The Morgan fingerprint density at radius 3 is 1.26 bits per heavy atom. The molecule has 0 spiro atoms. The van der Waals surface area contributed by atoms with Gasteiger partial charge >= 0.3 is 17.9 Å². The van der Waals surface area contributed by atoms with Crippen molar-refractivity contribution in [3.63, 3.8) is 0 Å². The molecule has 542 valence electrons. The number of hydrogen-bond acceptors (Lipinski definition) is 23. The van der Waals surface area contributed by atoms with Gasteiger partial charge in [-0.25, -0.2) is 0 Å². The number of benzene rings is 7. The highest BCUT2D eigenvalue weighted by atomic mass is 16.8. The van der Waals surface area contributed by atoms with E-state index in [1.165, 1.54) is 20.8 Å². The van der Waals surface area contributed by atoms with Gasteiger partial charge < -0.3 is 94.7 Å². The zero-order valence-corrected chi connectivity index (χ0v) is 57.9. The average molecular weight is 1410 g/mol. The van der Waals surface area contributed by atoms with Gasteiger partial charge in [0, 0.05) is 26.3 Å². The van der Waals surface area contributed by atoms with Crippen molar-refractivity contribution in [3.8, 4) is 17.2 Å². The summed E-state index contributed by atoms with van der Waals surface area (Å²) in [5.41, 5.74) is 4.85. The van der Waals surface area contributed by atoms with E-state index in [1.54, 1.807) is 38.5 Å². The fourth-order valence-corrected chi connectivity index (χ4v) is 13.1. The molecule has 23 nitrogen and oxygen atoms in total. The van der Waals surface area contributed by atoms with Gasteiger partial charge in [0.2, 0.25) is 6.29 Å². The first-order valence-electron chi connectivity index (χ1n) is 34.3. The molecule has 7 aromatic rings. The summed E-state index contributed by atoms with van der Waals surface area (Å²) < 4.78 is 135. The molecular formula is C79H88O23. The highest BCUT2D eigenvalue weighted by molar-refractivity contribution is 5.68. The molecule has 0 aliphatic carbocycles. The van der Waals surface area contributed by atoms with Crippen LogP contribution in [0.2, 0.25) is 0 Å². The molecule has 5 heterocycles. The van der Waals surface area contributed by atoms with Crippen molar-refractivity contribution in [1.82, 2.24) is 0 Å². The lowest BCUT2D eigenvalue weighted by molar-refractivity contribution is -0.417. The Kier molecular flexibility index (Phi) is 25.8. The lowest BCUT2D eigenvalue weighted by Crippen LogP contribution is -2.69. The van der Waals surface area contributed by atoms with Crippen LogP contribution in [0.4, 0.5) is 0 Å². The number of ether oxygens (including phenoxy) is 20. The molecule has 0 radical (unpaired) electrons. The number of rotatable bonds is 29. The molecule has 102 heavy (non-hydrogen) atoms. The lowest BCUT2D eigenvalue weighted by Gasteiger charge is -2.53. The van der Waals surface area contributed by atoms with E-state index in [1.807, 2.05) is 190 Å². The van der Waals surface area contributed by atoms with E-state index in [9.17, 15) is 14.4 Å². The third-order valence-corrected chi connectivity index (χ3v) is 18.0. The van der Waals surface area contributed by atoms with Gasteiger partial charge in [0.1, 0.15) is 78.3 Å². The van der Waals surface area contributed by atoms with Crippen LogP contribution in [0, 0.1) is 0 Å². The standard InChI is InChI=1S/C79H88O23/c1-48-64(85-41-53-23-13-8-14-24-53)68(87-45-57-33-35-59(83-6)36-34-57)74(102-76-73(96-52(5)82)67(95-51(4)81)62(46-91-76)94-50(3)80)79(93-48)101-70-66-63(47-90-75(99-66)58-31-21-12-22-32-58)98-78(72(70)89-44-56-29-19-11-20-30-56)100-69-65(86-42-54-25-15-9-16-26-54)49(2)92-77(97-61-39-37-60(84-7)38-40-61)71(69)88-43-55-27-17-10-18-28-55/h8-40,48-49,62-79H,41-47H2,1-7H3/t48-,49-,62+,63+,64-,65-,66+,67-,68+,69+,70-,71+,72+,73+,74+,75+,76-,77-,78-,79-/m0/s1. The molecule has 20 atom stereocenters. The minimum atomic E-state index is -1.60. The molecule has 5 aliphatic heterocycles. The van der Waals surface area contributed by atoms with E-state index in [2.05, 4.69) is 0 Å². The molecule has 5 aliphatic rings. The predicted octanol–water partition coefficient (Wildman–Crippen LogP) is 10.6. The van der Waals surface area contributed by atoms with Gasteiger partial charge in [-0.05, 0) is 78.1 Å². The van der Waals surface area contributed by atoms with Crippen LogP contribution >= 0.6 is 0 Å². The van der Waals surface area contributed by atoms with E-state index in [0.29, 0.717) is 22.8 Å². The van der Waals surface area contributed by atoms with Crippen LogP contribution in [0.3, 0.4) is 0 Å². The second-order valence-electron chi connectivity index (χ2n) is 25.4. The van der Waals surface area contributed by atoms with Crippen LogP contribution in [0.1, 0.15) is 74.3 Å². The van der Waals surface area contributed by atoms with Gasteiger partial charge in [-0.2, -0.15) is 0 Å². The molecule has 5 saturated heterocycles. The van der Waals surface area contributed by atoms with Crippen molar-refractivity contribution in [2.75, 3.05) is 27.4 Å². The molecule has 0 bridgehead atoms. The Morgan fingerprint density at radius 2 is 0.755 bits per heavy atom. The molecule has 5 fully saturated rings. The summed E-state index contributed by atoms with van der Waals surface area (Å²) in [6.45, 7) is 7.19. The van der Waals surface area contributed by atoms with Crippen LogP contribution in [0.15, 0.2) is 200 Å². The zero-order valence-electron chi connectivity index (χ0n) is 57.9. The third-order valence-electron chi connectivity index (χ3n) is 18.0. The van der Waals surface area contributed by atoms with Gasteiger partial charge in [0.15, 0.2) is 43.5 Å². The number of hydrogen-bond donors (Lipinski definition) is 0. The fourth-order valence-electron chi connectivity index (χ4n) is 13.1. The van der Waals surface area contributed by atoms with Crippen molar-refractivity contribution in [2.45, 2.75) is 191 Å². The SMILES string of the molecule is COc1ccc(CO[C@@H]2[C@@H](OCc3ccccc3)[C@H](C)O[C@@H](O[C@@H]3[C@@H](OCc4ccccc4)[C@H](O[C@@H]4[C@@H](OCc5ccccc5)[C@H](C)O[C@@H](Oc5ccc(OC)cc5)[C@@H]4OCc4ccccc4)O[C@@H]4CO[C@@H](c5ccccc5)O[C@@H]34)[C@@H]2O[C@@H]2OC[C@@H](OC(C)=O)[C@H](OC(C)=O)[C@H]2OC(C)=O)cc1. The normalized spacial score (nSPS) is 30.0. The minimum Gasteiger partial charge on any atom is -0.497 e. The molecule has 23 heteroatoms. The summed E-state index contributed by atoms with van der Waals surface area (Å²) >= 11 is 0. The molecule has 0 saturated carbocycles. The van der Waals surface area contributed by atoms with Crippen molar-refractivity contribution in [3.05, 3.63) is 234 Å². The van der Waals surface area contributed by atoms with Crippen molar-refractivity contribution >= 4 is 17.9 Å². The summed E-state index contributed by atoms with van der Waals surface area (Å²) in [6.07, 6.45) is -23.5. The molecule has 0 amide bonds. The first kappa shape index (κ1) is 73.5. The van der Waals surface area contributed by atoms with Crippen LogP contribution in [0.5, 0.6) is 17.2 Å². The summed E-state index contributed by atoms with van der Waals surface area (Å²) in [5.74, 6) is -0.558. The monoisotopic (exact) mass is 1400 g/mol. The second kappa shape index (κ2) is 35.8. The maximum Gasteiger partial charge on any atom is 0.303 e. The van der Waals surface area contributed by atoms with Crippen LogP contribution in [0.25, 0.3) is 0 Å². The summed E-state index contributed by atoms with van der Waals surface area (Å²) in [7, 11) is 3.17. The van der Waals surface area contributed by atoms with E-state index >= 15 is 0 Å². The van der Waals surface area contributed by atoms with Gasteiger partial charge in [-0.3, -0.25) is 14.4 Å². The van der Waals surface area contributed by atoms with Crippen molar-refractivity contribution in [1.29, 1.82) is 0 Å². The second-order valence-corrected chi connectivity index (χ2v) is 25.4. The van der Waals surface area contributed by atoms with Gasteiger partial charge in [0.25, 0.3) is 0 Å². The number of fused-ring (bicyclic) bond motifs is 1. The van der Waals surface area contributed by atoms with E-state index in [0.717, 1.165) is 27.8 Å². The highest BCUT2D eigenvalue weighted by Crippen LogP contribution is 2.43. The third kappa shape index (κ3) is 19.1. The smallest absolute Gasteiger partial charge is 0.303 e. The first-order chi connectivity index (χ1) is 49.7. The van der Waals surface area contributed by atoms with E-state index < -0.39 is 141 Å². The molecule has 0 aromatic heterocycles.